The Morgan fingerprint density at radius 3 is 2.34 bits per heavy atom. The van der Waals surface area contributed by atoms with Gasteiger partial charge in [-0.15, -0.1) is 0 Å². The number of alkyl halides is 3. The highest BCUT2D eigenvalue weighted by Crippen LogP contribution is 2.37. The minimum Gasteiger partial charge on any atom is -0.497 e. The first-order chi connectivity index (χ1) is 15.1. The molecule has 0 saturated heterocycles. The Kier molecular flexibility index (Phi) is 8.38. The predicted molar refractivity (Wildman–Crippen MR) is 105 cm³/mol. The lowest BCUT2D eigenvalue weighted by Gasteiger charge is -2.13. The lowest BCUT2D eigenvalue weighted by atomic mass is 10.1. The fourth-order valence-electron chi connectivity index (χ4n) is 2.47. The smallest absolute Gasteiger partial charge is 0.418 e. The SMILES string of the molecule is COc1ccc(OCCCC(=O)OCC(=O)Nc2ccc([N+](=O)[O-])cc2C(F)(F)F)cc1. The number of halogens is 3. The molecule has 1 N–H and O–H groups in total. The van der Waals surface area contributed by atoms with Crippen molar-refractivity contribution in [2.24, 2.45) is 0 Å². The van der Waals surface area contributed by atoms with Gasteiger partial charge in [-0.3, -0.25) is 19.7 Å². The average molecular weight is 456 g/mol. The fraction of sp³-hybridized carbons (Fsp3) is 0.300. The van der Waals surface area contributed by atoms with Gasteiger partial charge in [-0.05, 0) is 36.8 Å². The summed E-state index contributed by atoms with van der Waals surface area (Å²) < 4.78 is 54.5. The molecule has 0 fully saturated rings. The number of benzene rings is 2. The molecule has 172 valence electrons. The van der Waals surface area contributed by atoms with E-state index >= 15 is 0 Å². The molecule has 0 unspecified atom stereocenters. The second kappa shape index (κ2) is 11.0. The second-order valence-electron chi connectivity index (χ2n) is 6.32. The van der Waals surface area contributed by atoms with Crippen molar-refractivity contribution in [3.05, 3.63) is 58.1 Å². The van der Waals surface area contributed by atoms with Gasteiger partial charge in [-0.25, -0.2) is 0 Å². The van der Waals surface area contributed by atoms with Crippen molar-refractivity contribution < 1.29 is 41.9 Å². The van der Waals surface area contributed by atoms with Crippen molar-refractivity contribution in [3.8, 4) is 11.5 Å². The summed E-state index contributed by atoms with van der Waals surface area (Å²) in [5.41, 5.74) is -2.85. The van der Waals surface area contributed by atoms with Crippen LogP contribution in [0.1, 0.15) is 18.4 Å². The number of carbonyl (C=O) groups excluding carboxylic acids is 2. The summed E-state index contributed by atoms with van der Waals surface area (Å²) in [7, 11) is 1.53. The molecule has 0 aliphatic heterocycles. The van der Waals surface area contributed by atoms with Gasteiger partial charge in [0.25, 0.3) is 11.6 Å². The van der Waals surface area contributed by atoms with Crippen LogP contribution in [0.3, 0.4) is 0 Å². The van der Waals surface area contributed by atoms with Crippen LogP contribution in [0.2, 0.25) is 0 Å². The first-order valence-electron chi connectivity index (χ1n) is 9.18. The molecule has 12 heteroatoms. The molecule has 32 heavy (non-hydrogen) atoms. The van der Waals surface area contributed by atoms with Crippen LogP contribution in [0, 0.1) is 10.1 Å². The van der Waals surface area contributed by atoms with Crippen LogP contribution >= 0.6 is 0 Å². The van der Waals surface area contributed by atoms with Crippen molar-refractivity contribution in [2.75, 3.05) is 25.6 Å². The Morgan fingerprint density at radius 2 is 1.75 bits per heavy atom. The van der Waals surface area contributed by atoms with Crippen LogP contribution in [0.5, 0.6) is 11.5 Å². The molecule has 0 bridgehead atoms. The van der Waals surface area contributed by atoms with Gasteiger partial charge in [-0.2, -0.15) is 13.2 Å². The maximum atomic E-state index is 13.1. The first kappa shape index (κ1) is 24.4. The summed E-state index contributed by atoms with van der Waals surface area (Å²) in [6.45, 7) is -0.613. The largest absolute Gasteiger partial charge is 0.497 e. The van der Waals surface area contributed by atoms with Crippen molar-refractivity contribution in [3.63, 3.8) is 0 Å². The number of rotatable bonds is 10. The highest BCUT2D eigenvalue weighted by molar-refractivity contribution is 5.93. The molecule has 2 aromatic carbocycles. The van der Waals surface area contributed by atoms with Crippen LogP contribution in [0.4, 0.5) is 24.5 Å². The maximum absolute atomic E-state index is 13.1. The summed E-state index contributed by atoms with van der Waals surface area (Å²) in [6.07, 6.45) is -4.73. The Balaban J connectivity index is 1.78. The number of methoxy groups -OCH3 is 1. The molecule has 2 rings (SSSR count). The van der Waals surface area contributed by atoms with E-state index in [1.165, 1.54) is 7.11 Å². The normalized spacial score (nSPS) is 10.9. The lowest BCUT2D eigenvalue weighted by molar-refractivity contribution is -0.385. The fourth-order valence-corrected chi connectivity index (χ4v) is 2.47. The number of amides is 1. The predicted octanol–water partition coefficient (Wildman–Crippen LogP) is 3.96. The molecule has 0 spiro atoms. The van der Waals surface area contributed by atoms with E-state index in [4.69, 9.17) is 14.2 Å². The Labute approximate surface area is 180 Å². The number of hydrogen-bond donors (Lipinski definition) is 1. The summed E-state index contributed by atoms with van der Waals surface area (Å²) in [5, 5.41) is 12.6. The zero-order valence-electron chi connectivity index (χ0n) is 16.8. The Hall–Kier alpha value is -3.83. The summed E-state index contributed by atoms with van der Waals surface area (Å²) in [4.78, 5) is 33.3. The number of ether oxygens (including phenoxy) is 3. The van der Waals surface area contributed by atoms with E-state index in [1.54, 1.807) is 24.3 Å². The quantitative estimate of drug-likeness (QED) is 0.249. The van der Waals surface area contributed by atoms with E-state index in [0.717, 1.165) is 12.1 Å². The number of nitrogens with one attached hydrogen (secondary N) is 1. The number of hydrogen-bond acceptors (Lipinski definition) is 7. The molecular formula is C20H19F3N2O7. The molecule has 1 amide bonds. The Bertz CT molecular complexity index is 963. The van der Waals surface area contributed by atoms with Gasteiger partial charge in [0.1, 0.15) is 11.5 Å². The maximum Gasteiger partial charge on any atom is 0.418 e. The molecule has 0 heterocycles. The first-order valence-corrected chi connectivity index (χ1v) is 9.18. The molecule has 0 aliphatic carbocycles. The molecule has 0 aliphatic rings. The third kappa shape index (κ3) is 7.45. The van der Waals surface area contributed by atoms with E-state index in [-0.39, 0.29) is 19.4 Å². The zero-order valence-corrected chi connectivity index (χ0v) is 16.8. The summed E-state index contributed by atoms with van der Waals surface area (Å²) in [6, 6.07) is 8.68. The number of nitrogens with zero attached hydrogens (tertiary/aromatic N) is 1. The van der Waals surface area contributed by atoms with Crippen LogP contribution in [0.25, 0.3) is 0 Å². The van der Waals surface area contributed by atoms with Gasteiger partial charge < -0.3 is 19.5 Å². The average Bonchev–Trinajstić information content (AvgIpc) is 2.75. The lowest BCUT2D eigenvalue weighted by Crippen LogP contribution is -2.23. The van der Waals surface area contributed by atoms with E-state index < -0.39 is 46.5 Å². The molecule has 0 atom stereocenters. The summed E-state index contributed by atoms with van der Waals surface area (Å²) in [5.74, 6) is -0.525. The van der Waals surface area contributed by atoms with Crippen LogP contribution < -0.4 is 14.8 Å². The standard InChI is InChI=1S/C20H19F3N2O7/c1-30-14-5-7-15(8-6-14)31-10-2-3-19(27)32-12-18(26)24-17-9-4-13(25(28)29)11-16(17)20(21,22)23/h4-9,11H,2-3,10,12H2,1H3,(H,24,26). The number of nitro groups is 1. The molecule has 9 nitrogen and oxygen atoms in total. The molecule has 2 aromatic rings. The number of non-ortho nitro benzene ring substituents is 1. The van der Waals surface area contributed by atoms with E-state index in [9.17, 15) is 32.9 Å². The van der Waals surface area contributed by atoms with Gasteiger partial charge in [0.15, 0.2) is 6.61 Å². The van der Waals surface area contributed by atoms with E-state index in [1.807, 2.05) is 5.32 Å². The van der Waals surface area contributed by atoms with E-state index in [2.05, 4.69) is 0 Å². The van der Waals surface area contributed by atoms with Gasteiger partial charge in [-0.1, -0.05) is 0 Å². The number of esters is 1. The topological polar surface area (TPSA) is 117 Å². The van der Waals surface area contributed by atoms with Gasteiger partial charge in [0.05, 0.1) is 29.9 Å². The highest BCUT2D eigenvalue weighted by atomic mass is 19.4. The van der Waals surface area contributed by atoms with Gasteiger partial charge in [0, 0.05) is 18.6 Å². The minimum absolute atomic E-state index is 0.0746. The second-order valence-corrected chi connectivity index (χ2v) is 6.32. The number of nitro benzene ring substituents is 1. The monoisotopic (exact) mass is 456 g/mol. The highest BCUT2D eigenvalue weighted by Gasteiger charge is 2.35. The number of carbonyl (C=O) groups is 2. The molecule has 0 aromatic heterocycles. The molecular weight excluding hydrogens is 437 g/mol. The zero-order chi connectivity index (χ0) is 23.7. The van der Waals surface area contributed by atoms with Crippen LogP contribution in [-0.2, 0) is 20.5 Å². The summed E-state index contributed by atoms with van der Waals surface area (Å²) >= 11 is 0. The van der Waals surface area contributed by atoms with E-state index in [0.29, 0.717) is 17.6 Å². The minimum atomic E-state index is -4.94. The van der Waals surface area contributed by atoms with Crippen LogP contribution in [0.15, 0.2) is 42.5 Å². The third-order valence-electron chi connectivity index (χ3n) is 4.01. The van der Waals surface area contributed by atoms with Gasteiger partial charge >= 0.3 is 12.1 Å². The third-order valence-corrected chi connectivity index (χ3v) is 4.01. The van der Waals surface area contributed by atoms with Gasteiger partial charge in [0.2, 0.25) is 0 Å². The molecule has 0 saturated carbocycles. The van der Waals surface area contributed by atoms with Crippen molar-refractivity contribution in [1.82, 2.24) is 0 Å². The number of anilines is 1. The van der Waals surface area contributed by atoms with Crippen molar-refractivity contribution >= 4 is 23.3 Å². The molecule has 0 radical (unpaired) electrons. The van der Waals surface area contributed by atoms with Crippen molar-refractivity contribution in [1.29, 1.82) is 0 Å². The van der Waals surface area contributed by atoms with Crippen molar-refractivity contribution in [2.45, 2.75) is 19.0 Å². The Morgan fingerprint density at radius 1 is 1.09 bits per heavy atom. The van der Waals surface area contributed by atoms with Crippen LogP contribution in [-0.4, -0.2) is 37.1 Å².